The molecule has 32 heavy (non-hydrogen) atoms. The molecule has 8 nitrogen and oxygen atoms in total. The second-order valence-electron chi connectivity index (χ2n) is 8.46. The molecular formula is C24H24N4O4. The van der Waals surface area contributed by atoms with Crippen molar-refractivity contribution in [2.45, 2.75) is 25.2 Å². The SMILES string of the molecule is COC(=O)c1cc(OC)c2oc(-c3cccc(C4(c5ncn(C)n5)CC(C)C4)c3)nc2c1. The molecule has 1 aliphatic rings. The Hall–Kier alpha value is -3.68. The van der Waals surface area contributed by atoms with Crippen molar-refractivity contribution in [2.75, 3.05) is 14.2 Å². The Balaban J connectivity index is 1.59. The number of rotatable bonds is 5. The molecule has 0 amide bonds. The van der Waals surface area contributed by atoms with Crippen molar-refractivity contribution < 1.29 is 18.7 Å². The molecule has 0 unspecified atom stereocenters. The second-order valence-corrected chi connectivity index (χ2v) is 8.46. The van der Waals surface area contributed by atoms with Crippen molar-refractivity contribution >= 4 is 17.1 Å². The van der Waals surface area contributed by atoms with E-state index in [2.05, 4.69) is 34.1 Å². The molecule has 5 rings (SSSR count). The number of carbonyl (C=O) groups is 1. The van der Waals surface area contributed by atoms with E-state index >= 15 is 0 Å². The fourth-order valence-corrected chi connectivity index (χ4v) is 4.70. The molecule has 0 radical (unpaired) electrons. The van der Waals surface area contributed by atoms with Crippen molar-refractivity contribution in [3.63, 3.8) is 0 Å². The number of ether oxygens (including phenoxy) is 2. The standard InChI is InChI=1S/C24H24N4O4/c1-14-11-24(12-14,23-25-13-28(2)27-23)17-7-5-6-15(8-17)21-26-18-9-16(22(29)31-4)10-19(30-3)20(18)32-21/h5-10,13-14H,11-12H2,1-4H3. The van der Waals surface area contributed by atoms with Gasteiger partial charge in [-0.1, -0.05) is 19.1 Å². The van der Waals surface area contributed by atoms with E-state index in [0.717, 1.165) is 29.8 Å². The minimum atomic E-state index is -0.458. The average Bonchev–Trinajstić information content (AvgIpc) is 3.42. The fourth-order valence-electron chi connectivity index (χ4n) is 4.70. The zero-order chi connectivity index (χ0) is 22.5. The molecule has 0 saturated heterocycles. The third kappa shape index (κ3) is 3.14. The van der Waals surface area contributed by atoms with Gasteiger partial charge in [0.25, 0.3) is 0 Å². The molecule has 2 heterocycles. The Morgan fingerprint density at radius 1 is 1.22 bits per heavy atom. The molecule has 0 N–H and O–H groups in total. The van der Waals surface area contributed by atoms with Gasteiger partial charge in [-0.25, -0.2) is 14.8 Å². The maximum absolute atomic E-state index is 12.0. The van der Waals surface area contributed by atoms with Crippen LogP contribution in [-0.4, -0.2) is 39.9 Å². The maximum Gasteiger partial charge on any atom is 0.338 e. The van der Waals surface area contributed by atoms with Crippen LogP contribution < -0.4 is 4.74 Å². The highest BCUT2D eigenvalue weighted by Crippen LogP contribution is 2.51. The summed E-state index contributed by atoms with van der Waals surface area (Å²) >= 11 is 0. The lowest BCUT2D eigenvalue weighted by molar-refractivity contribution is 0.0600. The van der Waals surface area contributed by atoms with Crippen molar-refractivity contribution in [1.82, 2.24) is 19.7 Å². The lowest BCUT2D eigenvalue weighted by Gasteiger charge is -2.45. The molecule has 8 heteroatoms. The largest absolute Gasteiger partial charge is 0.493 e. The quantitative estimate of drug-likeness (QED) is 0.438. The zero-order valence-electron chi connectivity index (χ0n) is 18.5. The summed E-state index contributed by atoms with van der Waals surface area (Å²) in [5.74, 6) is 1.88. The third-order valence-electron chi connectivity index (χ3n) is 6.18. The average molecular weight is 432 g/mol. The summed E-state index contributed by atoms with van der Waals surface area (Å²) in [4.78, 5) is 21.2. The van der Waals surface area contributed by atoms with Gasteiger partial charge in [-0.05, 0) is 48.6 Å². The molecule has 1 fully saturated rings. The lowest BCUT2D eigenvalue weighted by Crippen LogP contribution is -2.42. The van der Waals surface area contributed by atoms with Gasteiger partial charge in [-0.3, -0.25) is 4.68 Å². The minimum absolute atomic E-state index is 0.210. The number of esters is 1. The molecule has 0 spiro atoms. The van der Waals surface area contributed by atoms with Gasteiger partial charge in [0.2, 0.25) is 5.89 Å². The van der Waals surface area contributed by atoms with Crippen LogP contribution >= 0.6 is 0 Å². The van der Waals surface area contributed by atoms with Crippen LogP contribution in [0.3, 0.4) is 0 Å². The second kappa shape index (κ2) is 7.47. The van der Waals surface area contributed by atoms with Gasteiger partial charge in [-0.15, -0.1) is 0 Å². The number of fused-ring (bicyclic) bond motifs is 1. The summed E-state index contributed by atoms with van der Waals surface area (Å²) < 4.78 is 18.1. The van der Waals surface area contributed by atoms with Gasteiger partial charge in [0.05, 0.1) is 25.2 Å². The number of methoxy groups -OCH3 is 2. The van der Waals surface area contributed by atoms with E-state index in [-0.39, 0.29) is 5.41 Å². The number of hydrogen-bond donors (Lipinski definition) is 0. The topological polar surface area (TPSA) is 92.3 Å². The van der Waals surface area contributed by atoms with Gasteiger partial charge in [0.1, 0.15) is 11.8 Å². The Morgan fingerprint density at radius 2 is 2.03 bits per heavy atom. The smallest absolute Gasteiger partial charge is 0.338 e. The van der Waals surface area contributed by atoms with Gasteiger partial charge in [-0.2, -0.15) is 5.10 Å². The van der Waals surface area contributed by atoms with E-state index < -0.39 is 5.97 Å². The molecule has 4 aromatic rings. The molecule has 164 valence electrons. The summed E-state index contributed by atoms with van der Waals surface area (Å²) in [6.07, 6.45) is 3.73. The highest BCUT2D eigenvalue weighted by molar-refractivity contribution is 5.95. The number of oxazole rings is 1. The Kier molecular flexibility index (Phi) is 4.73. The Bertz CT molecular complexity index is 1320. The van der Waals surface area contributed by atoms with Crippen LogP contribution in [0.15, 0.2) is 47.1 Å². The van der Waals surface area contributed by atoms with Gasteiger partial charge < -0.3 is 13.9 Å². The molecule has 0 bridgehead atoms. The van der Waals surface area contributed by atoms with Gasteiger partial charge in [0.15, 0.2) is 17.2 Å². The monoisotopic (exact) mass is 432 g/mol. The molecule has 0 aliphatic heterocycles. The Labute approximate surface area is 185 Å². The fraction of sp³-hybridized carbons (Fsp3) is 0.333. The van der Waals surface area contributed by atoms with Crippen LogP contribution in [0.4, 0.5) is 0 Å². The summed E-state index contributed by atoms with van der Waals surface area (Å²) in [6.45, 7) is 2.25. The first-order valence-corrected chi connectivity index (χ1v) is 10.5. The summed E-state index contributed by atoms with van der Waals surface area (Å²) in [5.41, 5.74) is 3.15. The van der Waals surface area contributed by atoms with Crippen molar-refractivity contribution in [3.8, 4) is 17.2 Å². The first-order chi connectivity index (χ1) is 15.4. The molecule has 1 saturated carbocycles. The highest BCUT2D eigenvalue weighted by Gasteiger charge is 2.48. The molecule has 2 aromatic heterocycles. The summed E-state index contributed by atoms with van der Waals surface area (Å²) in [6, 6.07) is 11.4. The lowest BCUT2D eigenvalue weighted by atomic mass is 9.58. The number of nitrogens with zero attached hydrogens (tertiary/aromatic N) is 4. The Morgan fingerprint density at radius 3 is 2.69 bits per heavy atom. The van der Waals surface area contributed by atoms with Crippen LogP contribution in [-0.2, 0) is 17.2 Å². The van der Waals surface area contributed by atoms with Gasteiger partial charge in [0, 0.05) is 12.6 Å². The van der Waals surface area contributed by atoms with Crippen LogP contribution in [0.25, 0.3) is 22.6 Å². The number of hydrogen-bond acceptors (Lipinski definition) is 7. The van der Waals surface area contributed by atoms with Crippen molar-refractivity contribution in [1.29, 1.82) is 0 Å². The first kappa shape index (κ1) is 20.2. The zero-order valence-corrected chi connectivity index (χ0v) is 18.5. The van der Waals surface area contributed by atoms with Crippen molar-refractivity contribution in [2.24, 2.45) is 13.0 Å². The highest BCUT2D eigenvalue weighted by atomic mass is 16.5. The maximum atomic E-state index is 12.0. The van der Waals surface area contributed by atoms with E-state index in [9.17, 15) is 4.79 Å². The van der Waals surface area contributed by atoms with E-state index in [0.29, 0.717) is 34.2 Å². The minimum Gasteiger partial charge on any atom is -0.493 e. The predicted molar refractivity (Wildman–Crippen MR) is 118 cm³/mol. The van der Waals surface area contributed by atoms with E-state index in [1.54, 1.807) is 23.1 Å². The van der Waals surface area contributed by atoms with Crippen LogP contribution in [0, 0.1) is 5.92 Å². The van der Waals surface area contributed by atoms with E-state index in [4.69, 9.17) is 13.9 Å². The van der Waals surface area contributed by atoms with Crippen molar-refractivity contribution in [3.05, 3.63) is 59.7 Å². The number of benzene rings is 2. The molecule has 0 atom stereocenters. The number of aromatic nitrogens is 4. The van der Waals surface area contributed by atoms with E-state index in [1.165, 1.54) is 14.2 Å². The first-order valence-electron chi connectivity index (χ1n) is 10.5. The van der Waals surface area contributed by atoms with Crippen LogP contribution in [0.5, 0.6) is 5.75 Å². The third-order valence-corrected chi connectivity index (χ3v) is 6.18. The number of aryl methyl sites for hydroxylation is 1. The normalized spacial score (nSPS) is 20.2. The number of carbonyl (C=O) groups excluding carboxylic acids is 1. The molecular weight excluding hydrogens is 408 g/mol. The van der Waals surface area contributed by atoms with Crippen LogP contribution in [0.1, 0.15) is 41.5 Å². The van der Waals surface area contributed by atoms with E-state index in [1.807, 2.05) is 19.2 Å². The molecule has 2 aromatic carbocycles. The summed E-state index contributed by atoms with van der Waals surface area (Å²) in [7, 11) is 4.75. The summed E-state index contributed by atoms with van der Waals surface area (Å²) in [5, 5.41) is 4.62. The van der Waals surface area contributed by atoms with Gasteiger partial charge >= 0.3 is 5.97 Å². The predicted octanol–water partition coefficient (Wildman–Crippen LogP) is 4.13. The molecule has 1 aliphatic carbocycles. The van der Waals surface area contributed by atoms with Crippen LogP contribution in [0.2, 0.25) is 0 Å².